The van der Waals surface area contributed by atoms with Crippen LogP contribution in [0.3, 0.4) is 0 Å². The number of hydrogen-bond donors (Lipinski definition) is 2. The molecule has 0 saturated heterocycles. The SMILES string of the molecule is CN(c1nccc(C(F)(F)F)n1)c1ccccc1C(=N)N. The fourth-order valence-electron chi connectivity index (χ4n) is 1.77. The molecular formula is C13H12F3N5. The smallest absolute Gasteiger partial charge is 0.384 e. The van der Waals surface area contributed by atoms with E-state index in [0.717, 1.165) is 12.3 Å². The maximum atomic E-state index is 12.7. The second-order valence-corrected chi connectivity index (χ2v) is 4.23. The number of nitrogens with one attached hydrogen (secondary N) is 1. The molecule has 110 valence electrons. The van der Waals surface area contributed by atoms with Gasteiger partial charge in [-0.2, -0.15) is 13.2 Å². The molecule has 0 aliphatic heterocycles. The van der Waals surface area contributed by atoms with Crippen molar-refractivity contribution in [3.8, 4) is 0 Å². The van der Waals surface area contributed by atoms with Crippen molar-refractivity contribution in [2.45, 2.75) is 6.18 Å². The molecule has 1 aromatic carbocycles. The molecule has 0 radical (unpaired) electrons. The van der Waals surface area contributed by atoms with E-state index in [1.54, 1.807) is 24.3 Å². The van der Waals surface area contributed by atoms with Gasteiger partial charge in [0.2, 0.25) is 5.95 Å². The lowest BCUT2D eigenvalue weighted by atomic mass is 10.1. The van der Waals surface area contributed by atoms with Gasteiger partial charge in [0.05, 0.1) is 5.69 Å². The van der Waals surface area contributed by atoms with Crippen molar-refractivity contribution < 1.29 is 13.2 Å². The number of nitrogens with two attached hydrogens (primary N) is 1. The Hall–Kier alpha value is -2.64. The first-order valence-electron chi connectivity index (χ1n) is 5.88. The zero-order chi connectivity index (χ0) is 15.6. The summed E-state index contributed by atoms with van der Waals surface area (Å²) < 4.78 is 38.0. The van der Waals surface area contributed by atoms with Gasteiger partial charge in [-0.05, 0) is 18.2 Å². The highest BCUT2D eigenvalue weighted by molar-refractivity contribution is 6.00. The van der Waals surface area contributed by atoms with E-state index in [2.05, 4.69) is 9.97 Å². The van der Waals surface area contributed by atoms with Crippen molar-refractivity contribution in [2.75, 3.05) is 11.9 Å². The highest BCUT2D eigenvalue weighted by Crippen LogP contribution is 2.30. The van der Waals surface area contributed by atoms with E-state index in [1.165, 1.54) is 11.9 Å². The molecule has 0 saturated carbocycles. The van der Waals surface area contributed by atoms with E-state index >= 15 is 0 Å². The van der Waals surface area contributed by atoms with Gasteiger partial charge >= 0.3 is 6.18 Å². The molecular weight excluding hydrogens is 283 g/mol. The van der Waals surface area contributed by atoms with Crippen molar-refractivity contribution >= 4 is 17.5 Å². The van der Waals surface area contributed by atoms with Crippen molar-refractivity contribution in [3.63, 3.8) is 0 Å². The topological polar surface area (TPSA) is 78.9 Å². The van der Waals surface area contributed by atoms with Crippen LogP contribution < -0.4 is 10.6 Å². The Labute approximate surface area is 118 Å². The van der Waals surface area contributed by atoms with E-state index < -0.39 is 11.9 Å². The number of halogens is 3. The lowest BCUT2D eigenvalue weighted by Crippen LogP contribution is -2.21. The van der Waals surface area contributed by atoms with Crippen molar-refractivity contribution in [2.24, 2.45) is 5.73 Å². The Morgan fingerprint density at radius 2 is 1.90 bits per heavy atom. The minimum Gasteiger partial charge on any atom is -0.384 e. The monoisotopic (exact) mass is 295 g/mol. The summed E-state index contributed by atoms with van der Waals surface area (Å²) in [5.41, 5.74) is 5.28. The van der Waals surface area contributed by atoms with E-state index in [9.17, 15) is 13.2 Å². The second kappa shape index (κ2) is 5.39. The third-order valence-electron chi connectivity index (χ3n) is 2.79. The van der Waals surface area contributed by atoms with Gasteiger partial charge in [0.25, 0.3) is 0 Å². The summed E-state index contributed by atoms with van der Waals surface area (Å²) in [5.74, 6) is -0.317. The average Bonchev–Trinajstić information content (AvgIpc) is 2.45. The minimum absolute atomic E-state index is 0.126. The predicted molar refractivity (Wildman–Crippen MR) is 72.6 cm³/mol. The molecule has 3 N–H and O–H groups in total. The van der Waals surface area contributed by atoms with Crippen molar-refractivity contribution in [3.05, 3.63) is 47.8 Å². The summed E-state index contributed by atoms with van der Waals surface area (Å²) in [5, 5.41) is 7.50. The van der Waals surface area contributed by atoms with E-state index in [4.69, 9.17) is 11.1 Å². The van der Waals surface area contributed by atoms with Gasteiger partial charge < -0.3 is 10.6 Å². The number of rotatable bonds is 3. The van der Waals surface area contributed by atoms with Gasteiger partial charge in [0, 0.05) is 18.8 Å². The molecule has 0 aliphatic rings. The van der Waals surface area contributed by atoms with E-state index in [1.807, 2.05) is 0 Å². The molecule has 0 atom stereocenters. The molecule has 21 heavy (non-hydrogen) atoms. The zero-order valence-corrected chi connectivity index (χ0v) is 11.0. The molecule has 5 nitrogen and oxygen atoms in total. The number of benzene rings is 1. The number of hydrogen-bond acceptors (Lipinski definition) is 4. The van der Waals surface area contributed by atoms with E-state index in [-0.39, 0.29) is 11.8 Å². The number of nitrogens with zero attached hydrogens (tertiary/aromatic N) is 3. The first-order chi connectivity index (χ1) is 9.80. The van der Waals surface area contributed by atoms with Crippen LogP contribution in [0.1, 0.15) is 11.3 Å². The van der Waals surface area contributed by atoms with E-state index in [0.29, 0.717) is 11.3 Å². The van der Waals surface area contributed by atoms with Crippen LogP contribution in [0.25, 0.3) is 0 Å². The molecule has 0 unspecified atom stereocenters. The largest absolute Gasteiger partial charge is 0.433 e. The van der Waals surface area contributed by atoms with Crippen LogP contribution in [0.2, 0.25) is 0 Å². The first-order valence-corrected chi connectivity index (χ1v) is 5.88. The Kier molecular flexibility index (Phi) is 3.79. The minimum atomic E-state index is -4.54. The molecule has 0 spiro atoms. The Balaban J connectivity index is 2.46. The van der Waals surface area contributed by atoms with Crippen LogP contribution in [0, 0.1) is 5.41 Å². The molecule has 2 aromatic rings. The lowest BCUT2D eigenvalue weighted by molar-refractivity contribution is -0.141. The predicted octanol–water partition coefficient (Wildman–Crippen LogP) is 2.55. The molecule has 0 amide bonds. The molecule has 0 fully saturated rings. The molecule has 1 aromatic heterocycles. The van der Waals surface area contributed by atoms with Gasteiger partial charge in [0.1, 0.15) is 11.5 Å². The highest BCUT2D eigenvalue weighted by atomic mass is 19.4. The molecule has 2 rings (SSSR count). The first kappa shape index (κ1) is 14.8. The van der Waals surface area contributed by atoms with Gasteiger partial charge in [0.15, 0.2) is 0 Å². The molecule has 8 heteroatoms. The Bertz CT molecular complexity index is 669. The number of anilines is 2. The van der Waals surface area contributed by atoms with Crippen molar-refractivity contribution in [1.29, 1.82) is 5.41 Å². The Morgan fingerprint density at radius 3 is 2.52 bits per heavy atom. The molecule has 1 heterocycles. The second-order valence-electron chi connectivity index (χ2n) is 4.23. The highest BCUT2D eigenvalue weighted by Gasteiger charge is 2.33. The average molecular weight is 295 g/mol. The molecule has 0 aliphatic carbocycles. The fourth-order valence-corrected chi connectivity index (χ4v) is 1.77. The van der Waals surface area contributed by atoms with Crippen LogP contribution in [0.5, 0.6) is 0 Å². The summed E-state index contributed by atoms with van der Waals surface area (Å²) in [6.07, 6.45) is -3.50. The van der Waals surface area contributed by atoms with Gasteiger partial charge in [-0.3, -0.25) is 5.41 Å². The van der Waals surface area contributed by atoms with Crippen LogP contribution >= 0.6 is 0 Å². The number of nitrogen functional groups attached to an aromatic ring is 1. The van der Waals surface area contributed by atoms with Gasteiger partial charge in [-0.15, -0.1) is 0 Å². The lowest BCUT2D eigenvalue weighted by Gasteiger charge is -2.20. The normalized spacial score (nSPS) is 11.2. The quantitative estimate of drug-likeness (QED) is 0.673. The summed E-state index contributed by atoms with van der Waals surface area (Å²) in [4.78, 5) is 8.69. The third kappa shape index (κ3) is 3.10. The van der Waals surface area contributed by atoms with Crippen LogP contribution in [-0.4, -0.2) is 22.9 Å². The van der Waals surface area contributed by atoms with Crippen LogP contribution in [0.15, 0.2) is 36.5 Å². The van der Waals surface area contributed by atoms with Crippen LogP contribution in [0.4, 0.5) is 24.8 Å². The van der Waals surface area contributed by atoms with Gasteiger partial charge in [-0.1, -0.05) is 12.1 Å². The fraction of sp³-hybridized carbons (Fsp3) is 0.154. The number of amidine groups is 1. The standard InChI is InChI=1S/C13H12F3N5/c1-21(9-5-3-2-4-8(9)11(17)18)12-19-7-6-10(20-12)13(14,15)16/h2-7H,1H3,(H3,17,18). The number of para-hydroxylation sites is 1. The summed E-state index contributed by atoms with van der Waals surface area (Å²) in [7, 11) is 1.51. The number of aromatic nitrogens is 2. The Morgan fingerprint density at radius 1 is 1.24 bits per heavy atom. The summed E-state index contributed by atoms with van der Waals surface area (Å²) in [6, 6.07) is 7.39. The maximum absolute atomic E-state index is 12.7. The summed E-state index contributed by atoms with van der Waals surface area (Å²) in [6.45, 7) is 0. The molecule has 0 bridgehead atoms. The number of alkyl halides is 3. The van der Waals surface area contributed by atoms with Crippen LogP contribution in [-0.2, 0) is 6.18 Å². The zero-order valence-electron chi connectivity index (χ0n) is 11.0. The van der Waals surface area contributed by atoms with Gasteiger partial charge in [-0.25, -0.2) is 9.97 Å². The van der Waals surface area contributed by atoms with Crippen molar-refractivity contribution in [1.82, 2.24) is 9.97 Å². The third-order valence-corrected chi connectivity index (χ3v) is 2.79. The summed E-state index contributed by atoms with van der Waals surface area (Å²) >= 11 is 0. The maximum Gasteiger partial charge on any atom is 0.433 e.